The molecule has 2 aromatic heterocycles. The second-order valence-electron chi connectivity index (χ2n) is 5.08. The summed E-state index contributed by atoms with van der Waals surface area (Å²) in [6.07, 6.45) is 7.98. The number of hydrazine groups is 1. The summed E-state index contributed by atoms with van der Waals surface area (Å²) in [6, 6.07) is 0.575. The molecule has 1 saturated heterocycles. The van der Waals surface area contributed by atoms with Crippen LogP contribution < -0.4 is 16.6 Å². The lowest BCUT2D eigenvalue weighted by molar-refractivity contribution is 0.277. The second kappa shape index (κ2) is 5.64. The van der Waals surface area contributed by atoms with Crippen molar-refractivity contribution >= 4 is 17.3 Å². The van der Waals surface area contributed by atoms with Crippen molar-refractivity contribution in [1.82, 2.24) is 19.3 Å². The predicted octanol–water partition coefficient (Wildman–Crippen LogP) is 0.911. The number of nitrogens with two attached hydrogens (primary N) is 1. The maximum Gasteiger partial charge on any atom is 0.180 e. The maximum absolute atomic E-state index is 5.46. The summed E-state index contributed by atoms with van der Waals surface area (Å²) in [5.41, 5.74) is 3.41. The Kier molecular flexibility index (Phi) is 3.70. The molecule has 0 bridgehead atoms. The van der Waals surface area contributed by atoms with Crippen molar-refractivity contribution in [3.05, 3.63) is 18.6 Å². The minimum atomic E-state index is 0.575. The van der Waals surface area contributed by atoms with E-state index in [4.69, 9.17) is 5.84 Å². The molecule has 3 rings (SSSR count). The number of likely N-dealkylation sites (tertiary alicyclic amines) is 1. The van der Waals surface area contributed by atoms with Gasteiger partial charge in [0.15, 0.2) is 17.3 Å². The monoisotopic (exact) mass is 275 g/mol. The van der Waals surface area contributed by atoms with E-state index in [1.165, 1.54) is 19.4 Å². The van der Waals surface area contributed by atoms with Crippen molar-refractivity contribution in [2.75, 3.05) is 30.4 Å². The second-order valence-corrected chi connectivity index (χ2v) is 5.08. The number of nitrogen functional groups attached to an aromatic ring is 1. The Morgan fingerprint density at radius 1 is 1.50 bits per heavy atom. The van der Waals surface area contributed by atoms with Crippen LogP contribution in [0.1, 0.15) is 19.8 Å². The zero-order valence-corrected chi connectivity index (χ0v) is 11.7. The van der Waals surface area contributed by atoms with Crippen molar-refractivity contribution in [2.45, 2.75) is 25.8 Å². The van der Waals surface area contributed by atoms with Gasteiger partial charge in [-0.15, -0.1) is 0 Å². The molecule has 1 fully saturated rings. The van der Waals surface area contributed by atoms with E-state index in [1.54, 1.807) is 6.20 Å². The predicted molar refractivity (Wildman–Crippen MR) is 79.6 cm³/mol. The van der Waals surface area contributed by atoms with Crippen molar-refractivity contribution in [2.24, 2.45) is 5.84 Å². The molecule has 1 aliphatic rings. The largest absolute Gasteiger partial charge is 0.365 e. The van der Waals surface area contributed by atoms with Gasteiger partial charge in [0.05, 0.1) is 6.20 Å². The number of rotatable bonds is 5. The Labute approximate surface area is 118 Å². The fourth-order valence-electron chi connectivity index (χ4n) is 2.88. The van der Waals surface area contributed by atoms with Crippen LogP contribution in [-0.4, -0.2) is 44.9 Å². The molecule has 1 unspecified atom stereocenters. The SMILES string of the molecule is CCN1CCCC1CNc1nc(NN)cn2ccnc12. The van der Waals surface area contributed by atoms with Crippen molar-refractivity contribution in [3.8, 4) is 0 Å². The fraction of sp³-hybridized carbons (Fsp3) is 0.538. The van der Waals surface area contributed by atoms with Crippen LogP contribution in [0.5, 0.6) is 0 Å². The molecular formula is C13H21N7. The van der Waals surface area contributed by atoms with E-state index in [1.807, 2.05) is 16.8 Å². The average Bonchev–Trinajstić information content (AvgIpc) is 3.12. The minimum absolute atomic E-state index is 0.575. The molecule has 4 N–H and O–H groups in total. The summed E-state index contributed by atoms with van der Waals surface area (Å²) in [5.74, 6) is 6.85. The van der Waals surface area contributed by atoms with Crippen molar-refractivity contribution < 1.29 is 0 Å². The van der Waals surface area contributed by atoms with Crippen molar-refractivity contribution in [3.63, 3.8) is 0 Å². The van der Waals surface area contributed by atoms with E-state index in [9.17, 15) is 0 Å². The first-order valence-corrected chi connectivity index (χ1v) is 7.10. The highest BCUT2D eigenvalue weighted by Gasteiger charge is 2.23. The fourth-order valence-corrected chi connectivity index (χ4v) is 2.88. The molecule has 3 heterocycles. The number of imidazole rings is 1. The van der Waals surface area contributed by atoms with Crippen LogP contribution in [0.3, 0.4) is 0 Å². The van der Waals surface area contributed by atoms with Gasteiger partial charge in [-0.05, 0) is 25.9 Å². The Morgan fingerprint density at radius 2 is 2.40 bits per heavy atom. The first-order chi connectivity index (χ1) is 9.81. The molecule has 0 saturated carbocycles. The molecule has 1 atom stereocenters. The van der Waals surface area contributed by atoms with E-state index in [0.717, 1.165) is 24.6 Å². The molecular weight excluding hydrogens is 254 g/mol. The molecule has 0 radical (unpaired) electrons. The highest BCUT2D eigenvalue weighted by molar-refractivity contribution is 5.65. The third kappa shape index (κ3) is 2.41. The molecule has 20 heavy (non-hydrogen) atoms. The van der Waals surface area contributed by atoms with Crippen LogP contribution in [-0.2, 0) is 0 Å². The van der Waals surface area contributed by atoms with Gasteiger partial charge in [-0.2, -0.15) is 0 Å². The minimum Gasteiger partial charge on any atom is -0.365 e. The van der Waals surface area contributed by atoms with Gasteiger partial charge in [0.2, 0.25) is 0 Å². The van der Waals surface area contributed by atoms with Crippen LogP contribution in [0.25, 0.3) is 5.65 Å². The highest BCUT2D eigenvalue weighted by atomic mass is 15.3. The van der Waals surface area contributed by atoms with E-state index in [-0.39, 0.29) is 0 Å². The Morgan fingerprint density at radius 3 is 3.20 bits per heavy atom. The summed E-state index contributed by atoms with van der Waals surface area (Å²) >= 11 is 0. The molecule has 0 aliphatic carbocycles. The average molecular weight is 275 g/mol. The number of nitrogens with zero attached hydrogens (tertiary/aromatic N) is 4. The van der Waals surface area contributed by atoms with Gasteiger partial charge in [0.25, 0.3) is 0 Å². The number of likely N-dealkylation sites (N-methyl/N-ethyl adjacent to an activating group) is 1. The van der Waals surface area contributed by atoms with Crippen LogP contribution >= 0.6 is 0 Å². The number of nitrogens with one attached hydrogen (secondary N) is 2. The topological polar surface area (TPSA) is 83.5 Å². The van der Waals surface area contributed by atoms with Gasteiger partial charge in [-0.1, -0.05) is 6.92 Å². The maximum atomic E-state index is 5.46. The summed E-state index contributed by atoms with van der Waals surface area (Å²) in [5, 5.41) is 3.42. The number of anilines is 2. The first-order valence-electron chi connectivity index (χ1n) is 7.10. The van der Waals surface area contributed by atoms with E-state index in [0.29, 0.717) is 11.9 Å². The first kappa shape index (κ1) is 13.1. The molecule has 7 heteroatoms. The molecule has 0 aromatic carbocycles. The smallest absolute Gasteiger partial charge is 0.180 e. The van der Waals surface area contributed by atoms with E-state index >= 15 is 0 Å². The lowest BCUT2D eigenvalue weighted by Gasteiger charge is -2.23. The molecule has 2 aromatic rings. The zero-order chi connectivity index (χ0) is 13.9. The third-order valence-electron chi connectivity index (χ3n) is 3.93. The van der Waals surface area contributed by atoms with Gasteiger partial charge < -0.3 is 15.1 Å². The lowest BCUT2D eigenvalue weighted by Crippen LogP contribution is -2.34. The Balaban J connectivity index is 1.78. The van der Waals surface area contributed by atoms with Crippen LogP contribution in [0, 0.1) is 0 Å². The molecule has 108 valence electrons. The normalized spacial score (nSPS) is 19.6. The number of hydrogen-bond acceptors (Lipinski definition) is 6. The Bertz CT molecular complexity index is 579. The number of aromatic nitrogens is 3. The highest BCUT2D eigenvalue weighted by Crippen LogP contribution is 2.19. The van der Waals surface area contributed by atoms with Crippen LogP contribution in [0.2, 0.25) is 0 Å². The van der Waals surface area contributed by atoms with Crippen LogP contribution in [0.15, 0.2) is 18.6 Å². The van der Waals surface area contributed by atoms with Crippen molar-refractivity contribution in [1.29, 1.82) is 0 Å². The van der Waals surface area contributed by atoms with Gasteiger partial charge in [-0.25, -0.2) is 15.8 Å². The van der Waals surface area contributed by atoms with Gasteiger partial charge in [-0.3, -0.25) is 4.90 Å². The van der Waals surface area contributed by atoms with Gasteiger partial charge in [0, 0.05) is 25.0 Å². The molecule has 0 spiro atoms. The Hall–Kier alpha value is -1.86. The molecule has 0 amide bonds. The summed E-state index contributed by atoms with van der Waals surface area (Å²) in [4.78, 5) is 11.3. The summed E-state index contributed by atoms with van der Waals surface area (Å²) in [6.45, 7) is 5.39. The molecule has 1 aliphatic heterocycles. The van der Waals surface area contributed by atoms with Gasteiger partial charge >= 0.3 is 0 Å². The number of fused-ring (bicyclic) bond motifs is 1. The quantitative estimate of drug-likeness (QED) is 0.556. The lowest BCUT2D eigenvalue weighted by atomic mass is 10.2. The van der Waals surface area contributed by atoms with Crippen LogP contribution in [0.4, 0.5) is 11.6 Å². The van der Waals surface area contributed by atoms with Gasteiger partial charge in [0.1, 0.15) is 0 Å². The molecule has 7 nitrogen and oxygen atoms in total. The third-order valence-corrected chi connectivity index (χ3v) is 3.93. The standard InChI is InChI=1S/C13H21N7/c1-2-19-6-3-4-10(19)8-16-12-13-15-5-7-20(13)9-11(17-12)18-14/h5,7,9-10,18H,2-4,6,8,14H2,1H3,(H,16,17). The summed E-state index contributed by atoms with van der Waals surface area (Å²) < 4.78 is 1.91. The zero-order valence-electron chi connectivity index (χ0n) is 11.7. The summed E-state index contributed by atoms with van der Waals surface area (Å²) in [7, 11) is 0. The number of hydrogen-bond donors (Lipinski definition) is 3. The van der Waals surface area contributed by atoms with E-state index in [2.05, 4.69) is 32.5 Å². The van der Waals surface area contributed by atoms with E-state index < -0.39 is 0 Å².